The van der Waals surface area contributed by atoms with Crippen LogP contribution in [-0.2, 0) is 13.6 Å². The van der Waals surface area contributed by atoms with E-state index < -0.39 is 35.0 Å². The molecule has 0 aromatic carbocycles. The van der Waals surface area contributed by atoms with E-state index in [1.165, 1.54) is 51.8 Å². The summed E-state index contributed by atoms with van der Waals surface area (Å²) < 4.78 is 27.5. The van der Waals surface area contributed by atoms with Gasteiger partial charge in [0, 0.05) is 0 Å². The van der Waals surface area contributed by atoms with Crippen molar-refractivity contribution in [2.45, 2.75) is 183 Å². The van der Waals surface area contributed by atoms with Crippen molar-refractivity contribution in [1.29, 1.82) is 0 Å². The Bertz CT molecular complexity index is 829. The summed E-state index contributed by atoms with van der Waals surface area (Å²) in [6, 6.07) is 0. The van der Waals surface area contributed by atoms with E-state index in [0.29, 0.717) is 0 Å². The second kappa shape index (κ2) is 17.9. The second-order valence-corrected chi connectivity index (χ2v) is 38.4. The monoisotopic (exact) mass is 728 g/mol. The molecule has 3 nitrogen and oxygen atoms in total. The van der Waals surface area contributed by atoms with Crippen molar-refractivity contribution < 1.29 is 13.6 Å². The van der Waals surface area contributed by atoms with Crippen LogP contribution in [0.2, 0.25) is 51.1 Å². The SMILES string of the molecule is C/C=C/[C@H](O[Si](C)(C)C(C)(C)C)C(C)(C)[C@H](C/C=C\[C@H]1O[C@H]1/C=[CH]/[Sn]([CH2]CCC)([CH2]CCC)[CH2]CCC)O[Si](C)(C)C. The van der Waals surface area contributed by atoms with Crippen LogP contribution in [0, 0.1) is 5.41 Å². The first-order valence-electron chi connectivity index (χ1n) is 17.4. The molecule has 6 heteroatoms. The fourth-order valence-corrected chi connectivity index (χ4v) is 22.5. The van der Waals surface area contributed by atoms with Crippen LogP contribution in [-0.4, -0.2) is 59.4 Å². The van der Waals surface area contributed by atoms with Crippen LogP contribution in [0.1, 0.15) is 107 Å². The van der Waals surface area contributed by atoms with Crippen LogP contribution < -0.4 is 0 Å². The minimum absolute atomic E-state index is 0.0148. The molecule has 4 atom stereocenters. The molecule has 1 heterocycles. The second-order valence-electron chi connectivity index (χ2n) is 16.1. The quantitative estimate of drug-likeness (QED) is 0.0670. The first kappa shape index (κ1) is 40.4. The van der Waals surface area contributed by atoms with Crippen LogP contribution >= 0.6 is 0 Å². The molecule has 1 fully saturated rings. The van der Waals surface area contributed by atoms with E-state index in [0.717, 1.165) is 6.42 Å². The zero-order valence-corrected chi connectivity index (χ0v) is 35.4. The third kappa shape index (κ3) is 13.8. The fourth-order valence-electron chi connectivity index (χ4n) is 5.51. The third-order valence-electron chi connectivity index (χ3n) is 9.62. The van der Waals surface area contributed by atoms with Gasteiger partial charge in [-0.1, -0.05) is 20.8 Å². The van der Waals surface area contributed by atoms with E-state index in [2.05, 4.69) is 130 Å². The van der Waals surface area contributed by atoms with E-state index in [4.69, 9.17) is 13.6 Å². The van der Waals surface area contributed by atoms with Gasteiger partial charge >= 0.3 is 225 Å². The molecule has 246 valence electrons. The summed E-state index contributed by atoms with van der Waals surface area (Å²) in [5.41, 5.74) is -0.164. The zero-order chi connectivity index (χ0) is 32.2. The summed E-state index contributed by atoms with van der Waals surface area (Å²) in [5.74, 6) is 0. The summed E-state index contributed by atoms with van der Waals surface area (Å²) >= 11 is -2.27. The number of hydrogen-bond acceptors (Lipinski definition) is 3. The molecule has 1 saturated heterocycles. The van der Waals surface area contributed by atoms with Gasteiger partial charge in [0.05, 0.1) is 0 Å². The number of hydrogen-bond donors (Lipinski definition) is 0. The molecule has 42 heavy (non-hydrogen) atoms. The normalized spacial score (nSPS) is 20.7. The Morgan fingerprint density at radius 3 is 1.71 bits per heavy atom. The first-order chi connectivity index (χ1) is 19.4. The average molecular weight is 728 g/mol. The van der Waals surface area contributed by atoms with Gasteiger partial charge in [-0.15, -0.1) is 0 Å². The maximum absolute atomic E-state index is 7.04. The fraction of sp³-hybridized carbons (Fsp3) is 0.833. The van der Waals surface area contributed by atoms with Crippen molar-refractivity contribution in [3.8, 4) is 0 Å². The average Bonchev–Trinajstić information content (AvgIpc) is 3.63. The molecular weight excluding hydrogens is 655 g/mol. The Labute approximate surface area is 269 Å². The molecule has 0 N–H and O–H groups in total. The number of epoxide rings is 1. The number of ether oxygens (including phenoxy) is 1. The van der Waals surface area contributed by atoms with Crippen molar-refractivity contribution in [3.05, 3.63) is 34.5 Å². The molecule has 0 bridgehead atoms. The summed E-state index contributed by atoms with van der Waals surface area (Å²) in [6.07, 6.45) is 21.2. The zero-order valence-electron chi connectivity index (χ0n) is 30.6. The standard InChI is InChI=1S/C24H45O3Si2.3C4H9.Sn/c1-13-16-21(27-29(11,12)23(3,4)5)24(6,7)22(26-28(8,9)10)18-15-17-20-19(14-2)25-20;3*1-3-4-2;/h2,13-17,19-22H,18H2,1,3-12H3;3*1,3-4H2,2H3;/b14-2?,16-13+,17-15-;;;;/t19-,20+,21-,22-;;;;/m0..../s1. The van der Waals surface area contributed by atoms with Crippen molar-refractivity contribution in [3.63, 3.8) is 0 Å². The predicted octanol–water partition coefficient (Wildman–Crippen LogP) is 11.9. The molecule has 0 amide bonds. The van der Waals surface area contributed by atoms with Crippen molar-refractivity contribution in [1.82, 2.24) is 0 Å². The Morgan fingerprint density at radius 1 is 0.786 bits per heavy atom. The van der Waals surface area contributed by atoms with E-state index in [9.17, 15) is 0 Å². The molecule has 0 aromatic rings. The molecule has 0 radical (unpaired) electrons. The third-order valence-corrected chi connectivity index (χ3v) is 29.2. The van der Waals surface area contributed by atoms with Crippen LogP contribution in [0.5, 0.6) is 0 Å². The summed E-state index contributed by atoms with van der Waals surface area (Å²) in [5, 5.41) is 0.162. The van der Waals surface area contributed by atoms with Crippen LogP contribution in [0.4, 0.5) is 0 Å². The van der Waals surface area contributed by atoms with Crippen molar-refractivity contribution in [2.24, 2.45) is 5.41 Å². The molecule has 1 rings (SSSR count). The molecule has 1 aliphatic rings. The van der Waals surface area contributed by atoms with Crippen LogP contribution in [0.3, 0.4) is 0 Å². The molecule has 0 unspecified atom stereocenters. The number of rotatable bonds is 21. The van der Waals surface area contributed by atoms with Gasteiger partial charge in [0.25, 0.3) is 0 Å². The van der Waals surface area contributed by atoms with E-state index in [-0.39, 0.29) is 34.9 Å². The van der Waals surface area contributed by atoms with Crippen molar-refractivity contribution >= 4 is 35.0 Å². The van der Waals surface area contributed by atoms with Crippen LogP contribution in [0.15, 0.2) is 34.5 Å². The van der Waals surface area contributed by atoms with Gasteiger partial charge < -0.3 is 0 Å². The molecule has 0 saturated carbocycles. The van der Waals surface area contributed by atoms with E-state index >= 15 is 0 Å². The minimum atomic E-state index is -2.27. The van der Waals surface area contributed by atoms with E-state index in [1.807, 2.05) is 0 Å². The van der Waals surface area contributed by atoms with Crippen molar-refractivity contribution in [2.75, 3.05) is 0 Å². The molecule has 0 aliphatic carbocycles. The topological polar surface area (TPSA) is 31.0 Å². The Balaban J connectivity index is 3.08. The Kier molecular flexibility index (Phi) is 17.2. The summed E-state index contributed by atoms with van der Waals surface area (Å²) in [4.78, 5) is 0. The maximum atomic E-state index is 7.04. The molecule has 0 aromatic heterocycles. The summed E-state index contributed by atoms with van der Waals surface area (Å²) in [7, 11) is -3.73. The Hall–Kier alpha value is 0.332. The number of allylic oxidation sites excluding steroid dienone is 1. The molecule has 1 aliphatic heterocycles. The van der Waals surface area contributed by atoms with Gasteiger partial charge in [-0.2, -0.15) is 0 Å². The van der Waals surface area contributed by atoms with Crippen LogP contribution in [0.25, 0.3) is 0 Å². The predicted molar refractivity (Wildman–Crippen MR) is 195 cm³/mol. The van der Waals surface area contributed by atoms with Gasteiger partial charge in [0.15, 0.2) is 0 Å². The first-order valence-corrected chi connectivity index (χ1v) is 31.4. The van der Waals surface area contributed by atoms with Gasteiger partial charge in [0.2, 0.25) is 0 Å². The summed E-state index contributed by atoms with van der Waals surface area (Å²) in [6.45, 7) is 32.5. The number of unbranched alkanes of at least 4 members (excludes halogenated alkanes) is 3. The van der Waals surface area contributed by atoms with E-state index in [1.54, 1.807) is 0 Å². The Morgan fingerprint density at radius 2 is 1.29 bits per heavy atom. The van der Waals surface area contributed by atoms with Gasteiger partial charge in [-0.25, -0.2) is 0 Å². The molecular formula is C36H72O3Si2Sn. The van der Waals surface area contributed by atoms with Gasteiger partial charge in [0.1, 0.15) is 0 Å². The van der Waals surface area contributed by atoms with Gasteiger partial charge in [-0.3, -0.25) is 0 Å². The molecule has 0 spiro atoms. The van der Waals surface area contributed by atoms with Gasteiger partial charge in [-0.05, 0) is 25.1 Å².